The van der Waals surface area contributed by atoms with Crippen molar-refractivity contribution in [2.45, 2.75) is 37.8 Å². The second-order valence-corrected chi connectivity index (χ2v) is 7.68. The van der Waals surface area contributed by atoms with Crippen LogP contribution in [0.25, 0.3) is 0 Å². The molecular weight excluding hydrogens is 364 g/mol. The normalized spacial score (nSPS) is 17.6. The number of tetrazole rings is 1. The van der Waals surface area contributed by atoms with Crippen LogP contribution in [0.1, 0.15) is 42.8 Å². The number of aromatic nitrogens is 4. The zero-order valence-corrected chi connectivity index (χ0v) is 16.6. The average molecular weight is 390 g/mol. The molecule has 2 heterocycles. The molecule has 1 aliphatic rings. The van der Waals surface area contributed by atoms with E-state index in [9.17, 15) is 4.79 Å². The number of carbonyl (C=O) groups excluding carboxylic acids is 1. The minimum Gasteiger partial charge on any atom is -0.345 e. The second kappa shape index (κ2) is 8.53. The smallest absolute Gasteiger partial charge is 0.231 e. The Morgan fingerprint density at radius 3 is 2.38 bits per heavy atom. The fraction of sp³-hybridized carbons (Fsp3) is 0.364. The molecule has 3 aromatic rings. The van der Waals surface area contributed by atoms with Gasteiger partial charge in [0.25, 0.3) is 0 Å². The van der Waals surface area contributed by atoms with Crippen LogP contribution in [-0.2, 0) is 16.8 Å². The number of hydrogen-bond donors (Lipinski definition) is 2. The molecule has 4 rings (SSSR count). The molecule has 1 saturated heterocycles. The molecule has 0 bridgehead atoms. The van der Waals surface area contributed by atoms with Crippen LogP contribution in [0.15, 0.2) is 60.7 Å². The van der Waals surface area contributed by atoms with Gasteiger partial charge in [0.15, 0.2) is 5.82 Å². The predicted octanol–water partition coefficient (Wildman–Crippen LogP) is 2.61. The number of carbonyl (C=O) groups is 1. The Morgan fingerprint density at radius 1 is 1.10 bits per heavy atom. The first kappa shape index (κ1) is 19.3. The van der Waals surface area contributed by atoms with Crippen LogP contribution in [0.4, 0.5) is 0 Å². The minimum atomic E-state index is -0.549. The van der Waals surface area contributed by atoms with Crippen LogP contribution in [0.5, 0.6) is 0 Å². The quantitative estimate of drug-likeness (QED) is 0.676. The summed E-state index contributed by atoms with van der Waals surface area (Å²) in [4.78, 5) is 15.9. The van der Waals surface area contributed by atoms with Crippen molar-refractivity contribution >= 4 is 5.91 Å². The highest BCUT2D eigenvalue weighted by molar-refractivity contribution is 5.88. The summed E-state index contributed by atoms with van der Waals surface area (Å²) in [6.07, 6.45) is 1.54. The Morgan fingerprint density at radius 2 is 1.76 bits per heavy atom. The summed E-state index contributed by atoms with van der Waals surface area (Å²) in [7, 11) is 0. The van der Waals surface area contributed by atoms with Crippen molar-refractivity contribution in [3.05, 3.63) is 77.6 Å². The monoisotopic (exact) mass is 390 g/mol. The molecule has 7 nitrogen and oxygen atoms in total. The van der Waals surface area contributed by atoms with E-state index in [1.807, 2.05) is 31.2 Å². The molecule has 2 N–H and O–H groups in total. The number of likely N-dealkylation sites (tertiary alicyclic amines) is 1. The predicted molar refractivity (Wildman–Crippen MR) is 110 cm³/mol. The third kappa shape index (κ3) is 4.19. The largest absolute Gasteiger partial charge is 0.345 e. The van der Waals surface area contributed by atoms with E-state index in [2.05, 4.69) is 67.2 Å². The first-order valence-corrected chi connectivity index (χ1v) is 10.0. The lowest BCUT2D eigenvalue weighted by Gasteiger charge is -2.41. The van der Waals surface area contributed by atoms with Gasteiger partial charge in [-0.2, -0.15) is 5.21 Å². The van der Waals surface area contributed by atoms with Crippen LogP contribution in [0.3, 0.4) is 0 Å². The van der Waals surface area contributed by atoms with Gasteiger partial charge in [0.2, 0.25) is 5.91 Å². The molecule has 1 fully saturated rings. The van der Waals surface area contributed by atoms with Gasteiger partial charge >= 0.3 is 0 Å². The Labute approximate surface area is 170 Å². The minimum absolute atomic E-state index is 0.0281. The molecule has 2 aromatic carbocycles. The number of benzene rings is 2. The van der Waals surface area contributed by atoms with E-state index in [4.69, 9.17) is 0 Å². The molecule has 0 unspecified atom stereocenters. The molecule has 0 spiro atoms. The van der Waals surface area contributed by atoms with Gasteiger partial charge in [-0.15, -0.1) is 10.2 Å². The van der Waals surface area contributed by atoms with Gasteiger partial charge in [-0.1, -0.05) is 65.9 Å². The molecule has 1 aliphatic heterocycles. The van der Waals surface area contributed by atoms with Crippen LogP contribution in [-0.4, -0.2) is 44.5 Å². The molecule has 7 heteroatoms. The number of nitrogens with one attached hydrogen (secondary N) is 2. The van der Waals surface area contributed by atoms with Crippen molar-refractivity contribution in [2.75, 3.05) is 13.1 Å². The lowest BCUT2D eigenvalue weighted by molar-refractivity contribution is -0.129. The van der Waals surface area contributed by atoms with Gasteiger partial charge in [-0.05, 0) is 44.0 Å². The van der Waals surface area contributed by atoms with Gasteiger partial charge in [0.1, 0.15) is 0 Å². The van der Waals surface area contributed by atoms with E-state index < -0.39 is 5.41 Å². The van der Waals surface area contributed by atoms with Crippen molar-refractivity contribution in [1.29, 1.82) is 0 Å². The van der Waals surface area contributed by atoms with E-state index in [-0.39, 0.29) is 11.9 Å². The Bertz CT molecular complexity index is 905. The van der Waals surface area contributed by atoms with Gasteiger partial charge in [0, 0.05) is 6.54 Å². The summed E-state index contributed by atoms with van der Waals surface area (Å²) in [6, 6.07) is 20.3. The lowest BCUT2D eigenvalue weighted by atomic mass is 9.71. The number of rotatable bonds is 6. The molecule has 150 valence electrons. The summed E-state index contributed by atoms with van der Waals surface area (Å²) >= 11 is 0. The molecule has 1 atom stereocenters. The van der Waals surface area contributed by atoms with Gasteiger partial charge in [-0.3, -0.25) is 9.69 Å². The lowest BCUT2D eigenvalue weighted by Crippen LogP contribution is -2.52. The Hall–Kier alpha value is -3.06. The maximum atomic E-state index is 13.5. The summed E-state index contributed by atoms with van der Waals surface area (Å²) in [5.41, 5.74) is 1.82. The van der Waals surface area contributed by atoms with Crippen LogP contribution in [0, 0.1) is 0 Å². The second-order valence-electron chi connectivity index (χ2n) is 7.68. The van der Waals surface area contributed by atoms with Crippen molar-refractivity contribution in [2.24, 2.45) is 0 Å². The average Bonchev–Trinajstić information content (AvgIpc) is 3.31. The molecule has 0 radical (unpaired) electrons. The Kier molecular flexibility index (Phi) is 5.67. The zero-order chi connectivity index (χ0) is 20.1. The molecule has 0 aliphatic carbocycles. The third-order valence-electron chi connectivity index (χ3n) is 5.82. The SMILES string of the molecule is C[C@H](NC(=O)C1(c2ccccc2)CCN(Cc2ccccc2)CC1)c1nn[nH]n1. The summed E-state index contributed by atoms with van der Waals surface area (Å²) < 4.78 is 0. The summed E-state index contributed by atoms with van der Waals surface area (Å²) in [5.74, 6) is 0.517. The molecule has 0 saturated carbocycles. The van der Waals surface area contributed by atoms with Crippen LogP contribution in [0.2, 0.25) is 0 Å². The number of H-pyrrole nitrogens is 1. The number of amides is 1. The van der Waals surface area contributed by atoms with Crippen molar-refractivity contribution < 1.29 is 4.79 Å². The van der Waals surface area contributed by atoms with Crippen molar-refractivity contribution in [1.82, 2.24) is 30.8 Å². The highest BCUT2D eigenvalue weighted by atomic mass is 16.2. The summed E-state index contributed by atoms with van der Waals surface area (Å²) in [6.45, 7) is 4.53. The van der Waals surface area contributed by atoms with E-state index in [1.54, 1.807) is 0 Å². The number of hydrogen-bond acceptors (Lipinski definition) is 5. The number of piperidine rings is 1. The third-order valence-corrected chi connectivity index (χ3v) is 5.82. The maximum absolute atomic E-state index is 13.5. The topological polar surface area (TPSA) is 86.8 Å². The maximum Gasteiger partial charge on any atom is 0.231 e. The fourth-order valence-corrected chi connectivity index (χ4v) is 4.09. The molecule has 1 amide bonds. The van der Waals surface area contributed by atoms with Gasteiger partial charge in [-0.25, -0.2) is 0 Å². The standard InChI is InChI=1S/C22H26N6O/c1-17(20-24-26-27-25-20)23-21(29)22(19-10-6-3-7-11-19)12-14-28(15-13-22)16-18-8-4-2-5-9-18/h2-11,17H,12-16H2,1H3,(H,23,29)(H,24,25,26,27)/t17-/m0/s1. The van der Waals surface area contributed by atoms with Crippen molar-refractivity contribution in [3.63, 3.8) is 0 Å². The molecule has 1 aromatic heterocycles. The molecular formula is C22H26N6O. The van der Waals surface area contributed by atoms with Gasteiger partial charge < -0.3 is 5.32 Å². The van der Waals surface area contributed by atoms with Crippen LogP contribution < -0.4 is 5.32 Å². The first-order valence-electron chi connectivity index (χ1n) is 10.0. The van der Waals surface area contributed by atoms with E-state index in [0.29, 0.717) is 5.82 Å². The van der Waals surface area contributed by atoms with E-state index >= 15 is 0 Å². The Balaban J connectivity index is 1.51. The number of nitrogens with zero attached hydrogens (tertiary/aromatic N) is 4. The fourth-order valence-electron chi connectivity index (χ4n) is 4.09. The summed E-state index contributed by atoms with van der Waals surface area (Å²) in [5, 5.41) is 17.1. The first-order chi connectivity index (χ1) is 14.2. The zero-order valence-electron chi connectivity index (χ0n) is 16.6. The molecule has 29 heavy (non-hydrogen) atoms. The van der Waals surface area contributed by atoms with E-state index in [1.165, 1.54) is 5.56 Å². The van der Waals surface area contributed by atoms with E-state index in [0.717, 1.165) is 38.0 Å². The van der Waals surface area contributed by atoms with Gasteiger partial charge in [0.05, 0.1) is 11.5 Å². The highest BCUT2D eigenvalue weighted by Crippen LogP contribution is 2.36. The van der Waals surface area contributed by atoms with Crippen LogP contribution >= 0.6 is 0 Å². The number of aromatic amines is 1. The van der Waals surface area contributed by atoms with Crippen molar-refractivity contribution in [3.8, 4) is 0 Å². The highest BCUT2D eigenvalue weighted by Gasteiger charge is 2.43.